The number of rotatable bonds is 3. The minimum atomic E-state index is -0.143. The molecule has 1 saturated heterocycles. The molecule has 17 heavy (non-hydrogen) atoms. The van der Waals surface area contributed by atoms with Crippen LogP contribution in [0.2, 0.25) is 0 Å². The molecule has 0 aliphatic carbocycles. The van der Waals surface area contributed by atoms with Crippen LogP contribution < -0.4 is 5.32 Å². The molecule has 1 N–H and O–H groups in total. The Morgan fingerprint density at radius 3 is 2.71 bits per heavy atom. The van der Waals surface area contributed by atoms with Crippen molar-refractivity contribution < 1.29 is 4.39 Å². The van der Waals surface area contributed by atoms with Crippen molar-refractivity contribution in [3.8, 4) is 0 Å². The Morgan fingerprint density at radius 1 is 1.35 bits per heavy atom. The molecular weight excluding hydrogens is 215 g/mol. The molecule has 0 radical (unpaired) electrons. The summed E-state index contributed by atoms with van der Waals surface area (Å²) < 4.78 is 13.0. The number of hydrogen-bond donors (Lipinski definition) is 1. The van der Waals surface area contributed by atoms with Gasteiger partial charge in [0.15, 0.2) is 0 Å². The average Bonchev–Trinajstić information content (AvgIpc) is 2.34. The van der Waals surface area contributed by atoms with E-state index in [0.717, 1.165) is 25.2 Å². The molecule has 1 aliphatic heterocycles. The van der Waals surface area contributed by atoms with Crippen LogP contribution in [-0.4, -0.2) is 31.1 Å². The van der Waals surface area contributed by atoms with Crippen molar-refractivity contribution >= 4 is 0 Å². The molecule has 1 fully saturated rings. The lowest BCUT2D eigenvalue weighted by atomic mass is 10.0. The molecule has 1 aromatic rings. The summed E-state index contributed by atoms with van der Waals surface area (Å²) in [6.07, 6.45) is 2.41. The van der Waals surface area contributed by atoms with Gasteiger partial charge < -0.3 is 5.32 Å². The van der Waals surface area contributed by atoms with E-state index in [1.165, 1.54) is 18.4 Å². The largest absolute Gasteiger partial charge is 0.317 e. The van der Waals surface area contributed by atoms with E-state index < -0.39 is 0 Å². The van der Waals surface area contributed by atoms with Crippen molar-refractivity contribution in [3.63, 3.8) is 0 Å². The van der Waals surface area contributed by atoms with Crippen LogP contribution in [0.3, 0.4) is 0 Å². The molecule has 0 unspecified atom stereocenters. The van der Waals surface area contributed by atoms with E-state index in [9.17, 15) is 4.39 Å². The van der Waals surface area contributed by atoms with Crippen LogP contribution in [0.1, 0.15) is 24.0 Å². The molecule has 0 saturated carbocycles. The fraction of sp³-hybridized carbons (Fsp3) is 0.571. The van der Waals surface area contributed by atoms with E-state index >= 15 is 0 Å². The molecule has 1 aliphatic rings. The normalized spacial score (nSPS) is 17.6. The summed E-state index contributed by atoms with van der Waals surface area (Å²) in [4.78, 5) is 2.39. The number of aryl methyl sites for hydroxylation is 1. The van der Waals surface area contributed by atoms with E-state index in [2.05, 4.69) is 17.3 Å². The summed E-state index contributed by atoms with van der Waals surface area (Å²) in [5, 5.41) is 3.38. The third-order valence-electron chi connectivity index (χ3n) is 3.66. The summed E-state index contributed by atoms with van der Waals surface area (Å²) >= 11 is 0. The first-order valence-electron chi connectivity index (χ1n) is 6.33. The number of benzene rings is 1. The van der Waals surface area contributed by atoms with Gasteiger partial charge in [-0.05, 0) is 63.2 Å². The predicted octanol–water partition coefficient (Wildman–Crippen LogP) is 2.32. The molecule has 1 aromatic carbocycles. The van der Waals surface area contributed by atoms with Gasteiger partial charge in [-0.25, -0.2) is 4.39 Å². The highest BCUT2D eigenvalue weighted by molar-refractivity contribution is 5.26. The molecule has 0 aromatic heterocycles. The van der Waals surface area contributed by atoms with Gasteiger partial charge in [-0.15, -0.1) is 0 Å². The van der Waals surface area contributed by atoms with Crippen molar-refractivity contribution in [1.82, 2.24) is 10.2 Å². The Labute approximate surface area is 103 Å². The second-order valence-corrected chi connectivity index (χ2v) is 4.97. The Hall–Kier alpha value is -0.930. The molecule has 0 bridgehead atoms. The molecule has 2 nitrogen and oxygen atoms in total. The zero-order valence-electron chi connectivity index (χ0n) is 10.7. The first kappa shape index (κ1) is 12.5. The molecule has 0 amide bonds. The lowest BCUT2D eigenvalue weighted by Gasteiger charge is -2.32. The number of piperidine rings is 1. The standard InChI is InChI=1S/C14H21FN2/c1-11-9-13(15)4-3-12(11)10-17(2)14-5-7-16-8-6-14/h3-4,9,14,16H,5-8,10H2,1-2H3. The highest BCUT2D eigenvalue weighted by Crippen LogP contribution is 2.16. The SMILES string of the molecule is Cc1cc(F)ccc1CN(C)C1CCNCC1. The van der Waals surface area contributed by atoms with E-state index in [1.807, 2.05) is 13.0 Å². The summed E-state index contributed by atoms with van der Waals surface area (Å²) in [5.41, 5.74) is 2.28. The topological polar surface area (TPSA) is 15.3 Å². The zero-order chi connectivity index (χ0) is 12.3. The maximum Gasteiger partial charge on any atom is 0.123 e. The van der Waals surface area contributed by atoms with Gasteiger partial charge in [-0.1, -0.05) is 6.07 Å². The summed E-state index contributed by atoms with van der Waals surface area (Å²) in [5.74, 6) is -0.143. The van der Waals surface area contributed by atoms with Crippen LogP contribution in [0.5, 0.6) is 0 Å². The Bertz CT molecular complexity index is 372. The number of hydrogen-bond acceptors (Lipinski definition) is 2. The fourth-order valence-electron chi connectivity index (χ4n) is 2.48. The summed E-state index contributed by atoms with van der Waals surface area (Å²) in [7, 11) is 2.17. The average molecular weight is 236 g/mol. The van der Waals surface area contributed by atoms with E-state index in [1.54, 1.807) is 12.1 Å². The predicted molar refractivity (Wildman–Crippen MR) is 68.5 cm³/mol. The van der Waals surface area contributed by atoms with Crippen LogP contribution in [0.15, 0.2) is 18.2 Å². The zero-order valence-corrected chi connectivity index (χ0v) is 10.7. The lowest BCUT2D eigenvalue weighted by Crippen LogP contribution is -2.40. The second-order valence-electron chi connectivity index (χ2n) is 4.97. The van der Waals surface area contributed by atoms with Crippen LogP contribution in [-0.2, 0) is 6.54 Å². The second kappa shape index (κ2) is 5.61. The van der Waals surface area contributed by atoms with Gasteiger partial charge in [0, 0.05) is 12.6 Å². The Balaban J connectivity index is 1.99. The van der Waals surface area contributed by atoms with Crippen molar-refractivity contribution in [2.45, 2.75) is 32.4 Å². The van der Waals surface area contributed by atoms with Gasteiger partial charge >= 0.3 is 0 Å². The minimum absolute atomic E-state index is 0.143. The maximum atomic E-state index is 13.0. The third kappa shape index (κ3) is 3.27. The number of nitrogens with one attached hydrogen (secondary N) is 1. The van der Waals surface area contributed by atoms with Crippen LogP contribution in [0.25, 0.3) is 0 Å². The van der Waals surface area contributed by atoms with Crippen molar-refractivity contribution in [3.05, 3.63) is 35.1 Å². The smallest absolute Gasteiger partial charge is 0.123 e. The highest BCUT2D eigenvalue weighted by atomic mass is 19.1. The molecule has 94 valence electrons. The van der Waals surface area contributed by atoms with Crippen molar-refractivity contribution in [2.75, 3.05) is 20.1 Å². The first-order valence-corrected chi connectivity index (χ1v) is 6.33. The quantitative estimate of drug-likeness (QED) is 0.866. The molecule has 0 atom stereocenters. The van der Waals surface area contributed by atoms with Gasteiger partial charge in [0.2, 0.25) is 0 Å². The summed E-state index contributed by atoms with van der Waals surface area (Å²) in [6, 6.07) is 5.73. The van der Waals surface area contributed by atoms with E-state index in [4.69, 9.17) is 0 Å². The molecule has 2 rings (SSSR count). The maximum absolute atomic E-state index is 13.0. The van der Waals surface area contributed by atoms with Gasteiger partial charge in [-0.3, -0.25) is 4.90 Å². The lowest BCUT2D eigenvalue weighted by molar-refractivity contribution is 0.191. The number of nitrogens with zero attached hydrogens (tertiary/aromatic N) is 1. The Kier molecular flexibility index (Phi) is 4.13. The monoisotopic (exact) mass is 236 g/mol. The third-order valence-corrected chi connectivity index (χ3v) is 3.66. The van der Waals surface area contributed by atoms with Crippen LogP contribution >= 0.6 is 0 Å². The highest BCUT2D eigenvalue weighted by Gasteiger charge is 2.18. The van der Waals surface area contributed by atoms with Gasteiger partial charge in [0.05, 0.1) is 0 Å². The minimum Gasteiger partial charge on any atom is -0.317 e. The number of halogens is 1. The van der Waals surface area contributed by atoms with E-state index in [0.29, 0.717) is 6.04 Å². The van der Waals surface area contributed by atoms with Crippen LogP contribution in [0.4, 0.5) is 4.39 Å². The van der Waals surface area contributed by atoms with E-state index in [-0.39, 0.29) is 5.82 Å². The van der Waals surface area contributed by atoms with Gasteiger partial charge in [0.25, 0.3) is 0 Å². The molecule has 1 heterocycles. The molecule has 0 spiro atoms. The van der Waals surface area contributed by atoms with Crippen molar-refractivity contribution in [1.29, 1.82) is 0 Å². The van der Waals surface area contributed by atoms with Gasteiger partial charge in [-0.2, -0.15) is 0 Å². The van der Waals surface area contributed by atoms with Crippen molar-refractivity contribution in [2.24, 2.45) is 0 Å². The molecular formula is C14H21FN2. The van der Waals surface area contributed by atoms with Gasteiger partial charge in [0.1, 0.15) is 5.82 Å². The first-order chi connectivity index (χ1) is 8.16. The Morgan fingerprint density at radius 2 is 2.06 bits per heavy atom. The fourth-order valence-corrected chi connectivity index (χ4v) is 2.48. The molecule has 3 heteroatoms. The van der Waals surface area contributed by atoms with Crippen LogP contribution in [0, 0.1) is 12.7 Å². The summed E-state index contributed by atoms with van der Waals surface area (Å²) in [6.45, 7) is 5.11.